The number of nitrogens with two attached hydrogens (primary N) is 1. The van der Waals surface area contributed by atoms with Gasteiger partial charge in [0.15, 0.2) is 5.16 Å². The van der Waals surface area contributed by atoms with E-state index in [2.05, 4.69) is 24.0 Å². The molecule has 0 bridgehead atoms. The molecule has 164 valence electrons. The molecule has 9 nitrogen and oxygen atoms in total. The molecule has 1 atom stereocenters. The number of benzene rings is 2. The van der Waals surface area contributed by atoms with Crippen molar-refractivity contribution in [3.63, 3.8) is 0 Å². The van der Waals surface area contributed by atoms with E-state index >= 15 is 0 Å². The summed E-state index contributed by atoms with van der Waals surface area (Å²) in [7, 11) is 0. The predicted octanol–water partition coefficient (Wildman–Crippen LogP) is 2.83. The highest BCUT2D eigenvalue weighted by molar-refractivity contribution is 7.99. The van der Waals surface area contributed by atoms with Gasteiger partial charge in [-0.1, -0.05) is 49.9 Å². The summed E-state index contributed by atoms with van der Waals surface area (Å²) in [6.07, 6.45) is 1.02. The second kappa shape index (κ2) is 8.83. The Labute approximate surface area is 187 Å². The minimum Gasteiger partial charge on any atom is -0.351 e. The normalized spacial score (nSPS) is 12.2. The fourth-order valence-electron chi connectivity index (χ4n) is 3.50. The molecule has 0 saturated heterocycles. The van der Waals surface area contributed by atoms with Gasteiger partial charge >= 0.3 is 6.03 Å². The second-order valence-electron chi connectivity index (χ2n) is 7.38. The van der Waals surface area contributed by atoms with Crippen LogP contribution in [-0.4, -0.2) is 36.9 Å². The first-order valence-corrected chi connectivity index (χ1v) is 11.1. The number of rotatable bonds is 6. The highest BCUT2D eigenvalue weighted by Crippen LogP contribution is 2.24. The summed E-state index contributed by atoms with van der Waals surface area (Å²) >= 11 is 1.09. The Kier molecular flexibility index (Phi) is 5.95. The molecule has 3 N–H and O–H groups in total. The van der Waals surface area contributed by atoms with E-state index in [1.807, 2.05) is 35.6 Å². The van der Waals surface area contributed by atoms with Gasteiger partial charge in [0.2, 0.25) is 11.7 Å². The molecule has 0 aliphatic carbocycles. The fourth-order valence-corrected chi connectivity index (χ4v) is 4.24. The number of thioether (sulfide) groups is 1. The summed E-state index contributed by atoms with van der Waals surface area (Å²) in [6, 6.07) is 14.1. The van der Waals surface area contributed by atoms with Crippen LogP contribution in [-0.2, 0) is 4.79 Å². The van der Waals surface area contributed by atoms with Crippen LogP contribution in [0.3, 0.4) is 0 Å². The molecule has 0 aliphatic heterocycles. The summed E-state index contributed by atoms with van der Waals surface area (Å²) in [6.45, 7) is 4.29. The van der Waals surface area contributed by atoms with Crippen molar-refractivity contribution in [1.82, 2.24) is 24.5 Å². The van der Waals surface area contributed by atoms with Gasteiger partial charge < -0.3 is 5.73 Å². The zero-order chi connectivity index (χ0) is 22.8. The van der Waals surface area contributed by atoms with Gasteiger partial charge in [-0.05, 0) is 42.2 Å². The minimum atomic E-state index is -0.915. The quantitative estimate of drug-likeness (QED) is 0.435. The van der Waals surface area contributed by atoms with E-state index in [1.54, 1.807) is 22.6 Å². The largest absolute Gasteiger partial charge is 0.351 e. The average molecular weight is 451 g/mol. The standard InChI is InChI=1S/C22H22N6O3S/c1-3-13(2)14-8-10-15(11-9-14)27-19(30)16-6-4-5-7-17(16)28-21(27)25-26-22(28)32-12-18(29)24-20(23)31/h4-11,13H,3,12H2,1-2H3,(H3,23,24,29,31)/t13-/m1/s1. The molecule has 0 unspecified atom stereocenters. The van der Waals surface area contributed by atoms with Gasteiger partial charge in [-0.2, -0.15) is 0 Å². The van der Waals surface area contributed by atoms with Gasteiger partial charge in [-0.15, -0.1) is 10.2 Å². The molecular formula is C22H22N6O3S. The number of urea groups is 1. The summed E-state index contributed by atoms with van der Waals surface area (Å²) < 4.78 is 3.25. The van der Waals surface area contributed by atoms with E-state index in [0.29, 0.717) is 33.4 Å². The fraction of sp³-hybridized carbons (Fsp3) is 0.227. The number of primary amides is 1. The Morgan fingerprint density at radius 3 is 2.53 bits per heavy atom. The zero-order valence-electron chi connectivity index (χ0n) is 17.6. The van der Waals surface area contributed by atoms with Crippen LogP contribution in [0.2, 0.25) is 0 Å². The summed E-state index contributed by atoms with van der Waals surface area (Å²) in [5, 5.41) is 11.4. The van der Waals surface area contributed by atoms with Crippen molar-refractivity contribution >= 4 is 40.4 Å². The lowest BCUT2D eigenvalue weighted by molar-refractivity contribution is -0.117. The molecule has 4 rings (SSSR count). The van der Waals surface area contributed by atoms with Crippen molar-refractivity contribution in [3.05, 3.63) is 64.4 Å². The van der Waals surface area contributed by atoms with Crippen LogP contribution in [0, 0.1) is 0 Å². The van der Waals surface area contributed by atoms with Gasteiger partial charge in [0.1, 0.15) is 0 Å². The number of aromatic nitrogens is 4. The molecule has 3 amide bonds. The average Bonchev–Trinajstić information content (AvgIpc) is 3.21. The molecular weight excluding hydrogens is 428 g/mol. The highest BCUT2D eigenvalue weighted by atomic mass is 32.2. The predicted molar refractivity (Wildman–Crippen MR) is 123 cm³/mol. The molecule has 4 aromatic rings. The SMILES string of the molecule is CC[C@@H](C)c1ccc(-n2c(=O)c3ccccc3n3c(SCC(=O)NC(N)=O)nnc23)cc1. The van der Waals surface area contributed by atoms with Crippen LogP contribution in [0.1, 0.15) is 31.7 Å². The molecule has 10 heteroatoms. The van der Waals surface area contributed by atoms with Crippen LogP contribution in [0.15, 0.2) is 58.5 Å². The minimum absolute atomic E-state index is 0.0825. The molecule has 32 heavy (non-hydrogen) atoms. The topological polar surface area (TPSA) is 124 Å². The second-order valence-corrected chi connectivity index (χ2v) is 8.32. The maximum atomic E-state index is 13.4. The number of carbonyl (C=O) groups is 2. The molecule has 0 fully saturated rings. The summed E-state index contributed by atoms with van der Waals surface area (Å²) in [5.74, 6) is 0.126. The van der Waals surface area contributed by atoms with Gasteiger partial charge in [-0.3, -0.25) is 19.3 Å². The maximum Gasteiger partial charge on any atom is 0.318 e. The number of imide groups is 1. The van der Waals surface area contributed by atoms with Crippen molar-refractivity contribution in [3.8, 4) is 5.69 Å². The molecule has 0 spiro atoms. The molecule has 0 radical (unpaired) electrons. The number of amides is 3. The third-order valence-corrected chi connectivity index (χ3v) is 6.25. The van der Waals surface area contributed by atoms with E-state index in [1.165, 1.54) is 10.1 Å². The first-order valence-electron chi connectivity index (χ1n) is 10.1. The van der Waals surface area contributed by atoms with Crippen molar-refractivity contribution in [2.75, 3.05) is 5.75 Å². The summed E-state index contributed by atoms with van der Waals surface area (Å²) in [4.78, 5) is 36.1. The third kappa shape index (κ3) is 3.96. The van der Waals surface area contributed by atoms with Crippen molar-refractivity contribution in [2.45, 2.75) is 31.3 Å². The van der Waals surface area contributed by atoms with Crippen LogP contribution >= 0.6 is 11.8 Å². The Bertz CT molecular complexity index is 1380. The van der Waals surface area contributed by atoms with Gasteiger partial charge in [0.25, 0.3) is 5.56 Å². The Morgan fingerprint density at radius 2 is 1.84 bits per heavy atom. The van der Waals surface area contributed by atoms with Crippen LogP contribution in [0.25, 0.3) is 22.4 Å². The summed E-state index contributed by atoms with van der Waals surface area (Å²) in [5.41, 5.74) is 7.28. The van der Waals surface area contributed by atoms with E-state index in [4.69, 9.17) is 5.73 Å². The van der Waals surface area contributed by atoms with E-state index in [-0.39, 0.29) is 11.3 Å². The third-order valence-electron chi connectivity index (χ3n) is 5.32. The molecule has 2 aromatic heterocycles. The Balaban J connectivity index is 1.86. The van der Waals surface area contributed by atoms with Crippen LogP contribution in [0.4, 0.5) is 4.79 Å². The number of nitrogens with zero attached hydrogens (tertiary/aromatic N) is 4. The van der Waals surface area contributed by atoms with E-state index < -0.39 is 11.9 Å². The molecule has 0 saturated carbocycles. The molecule has 2 heterocycles. The Hall–Kier alpha value is -3.66. The maximum absolute atomic E-state index is 13.4. The van der Waals surface area contributed by atoms with Crippen LogP contribution in [0.5, 0.6) is 0 Å². The monoisotopic (exact) mass is 450 g/mol. The van der Waals surface area contributed by atoms with E-state index in [0.717, 1.165) is 18.2 Å². The van der Waals surface area contributed by atoms with Crippen molar-refractivity contribution in [1.29, 1.82) is 0 Å². The smallest absolute Gasteiger partial charge is 0.318 e. The number of nitrogens with one attached hydrogen (secondary N) is 1. The lowest BCUT2D eigenvalue weighted by Gasteiger charge is -2.13. The first-order chi connectivity index (χ1) is 15.4. The van der Waals surface area contributed by atoms with E-state index in [9.17, 15) is 14.4 Å². The van der Waals surface area contributed by atoms with Gasteiger partial charge in [0.05, 0.1) is 22.3 Å². The lowest BCUT2D eigenvalue weighted by atomic mass is 9.98. The van der Waals surface area contributed by atoms with Gasteiger partial charge in [0, 0.05) is 0 Å². The molecule has 2 aromatic carbocycles. The van der Waals surface area contributed by atoms with Crippen molar-refractivity contribution < 1.29 is 9.59 Å². The van der Waals surface area contributed by atoms with Gasteiger partial charge in [-0.25, -0.2) is 9.36 Å². The molecule has 0 aliphatic rings. The number of carbonyl (C=O) groups excluding carboxylic acids is 2. The zero-order valence-corrected chi connectivity index (χ0v) is 18.4. The Morgan fingerprint density at radius 1 is 1.12 bits per heavy atom. The highest BCUT2D eigenvalue weighted by Gasteiger charge is 2.19. The number of para-hydroxylation sites is 1. The number of hydrogen-bond donors (Lipinski definition) is 2. The lowest BCUT2D eigenvalue weighted by Crippen LogP contribution is -2.36. The van der Waals surface area contributed by atoms with Crippen LogP contribution < -0.4 is 16.6 Å². The van der Waals surface area contributed by atoms with Crippen molar-refractivity contribution in [2.24, 2.45) is 5.73 Å². The number of hydrogen-bond acceptors (Lipinski definition) is 6. The number of fused-ring (bicyclic) bond motifs is 3. The first kappa shape index (κ1) is 21.6.